The molecule has 2 fully saturated rings. The molecule has 2 saturated heterocycles. The molecule has 0 radical (unpaired) electrons. The van der Waals surface area contributed by atoms with E-state index >= 15 is 0 Å². The third-order valence-electron chi connectivity index (χ3n) is 4.39. The minimum Gasteiger partial charge on any atom is -0.348 e. The number of aromatic nitrogens is 4. The zero-order chi connectivity index (χ0) is 13.4. The molecule has 0 spiro atoms. The summed E-state index contributed by atoms with van der Waals surface area (Å²) in [6.07, 6.45) is 3.77. The van der Waals surface area contributed by atoms with Crippen molar-refractivity contribution in [3.63, 3.8) is 0 Å². The van der Waals surface area contributed by atoms with Crippen LogP contribution in [-0.4, -0.2) is 50.3 Å². The average molecular weight is 270 g/mol. The van der Waals surface area contributed by atoms with Crippen LogP contribution in [0.3, 0.4) is 0 Å². The zero-order valence-corrected chi connectivity index (χ0v) is 11.3. The van der Waals surface area contributed by atoms with Gasteiger partial charge in [-0.05, 0) is 48.4 Å². The molecular weight excluding hydrogens is 252 g/mol. The number of para-hydroxylation sites is 1. The van der Waals surface area contributed by atoms with Crippen molar-refractivity contribution >= 4 is 5.95 Å². The van der Waals surface area contributed by atoms with Gasteiger partial charge in [0.05, 0.1) is 5.69 Å². The zero-order valence-electron chi connectivity index (χ0n) is 11.3. The van der Waals surface area contributed by atoms with Crippen molar-refractivity contribution in [3.05, 3.63) is 30.3 Å². The van der Waals surface area contributed by atoms with Crippen LogP contribution in [0.2, 0.25) is 0 Å². The number of hydrogen-bond donors (Lipinski definition) is 1. The van der Waals surface area contributed by atoms with Gasteiger partial charge in [0.1, 0.15) is 0 Å². The lowest BCUT2D eigenvalue weighted by Gasteiger charge is -2.21. The highest BCUT2D eigenvalue weighted by Gasteiger charge is 2.37. The molecule has 0 bridgehead atoms. The average Bonchev–Trinajstić information content (AvgIpc) is 3.18. The minimum atomic E-state index is 0.464. The highest BCUT2D eigenvalue weighted by atomic mass is 15.6. The molecule has 2 aromatic rings. The Morgan fingerprint density at radius 1 is 1.10 bits per heavy atom. The lowest BCUT2D eigenvalue weighted by molar-refractivity contribution is 0.318. The van der Waals surface area contributed by atoms with Gasteiger partial charge in [-0.2, -0.15) is 4.68 Å². The highest BCUT2D eigenvalue weighted by molar-refractivity contribution is 5.39. The van der Waals surface area contributed by atoms with Gasteiger partial charge in [-0.1, -0.05) is 23.3 Å². The molecule has 0 amide bonds. The van der Waals surface area contributed by atoms with Crippen LogP contribution in [0.1, 0.15) is 19.3 Å². The van der Waals surface area contributed by atoms with Crippen molar-refractivity contribution in [2.75, 3.05) is 18.4 Å². The minimum absolute atomic E-state index is 0.464. The van der Waals surface area contributed by atoms with Gasteiger partial charge in [0.2, 0.25) is 5.95 Å². The van der Waals surface area contributed by atoms with Crippen molar-refractivity contribution in [3.8, 4) is 5.69 Å². The molecule has 0 saturated carbocycles. The molecule has 1 N–H and O–H groups in total. The maximum Gasteiger partial charge on any atom is 0.248 e. The highest BCUT2D eigenvalue weighted by Crippen LogP contribution is 2.29. The standard InChI is InChI=1S/C14H18N6/c1-2-5-11(6-3-1)20-14(16-17-18-20)15-12-8-10-19-9-4-7-13(12)19/h1-3,5-6,12-13H,4,7-10H2,(H,15,16,18). The molecule has 2 aliphatic heterocycles. The number of tetrazole rings is 1. The van der Waals surface area contributed by atoms with Crippen LogP contribution in [0.25, 0.3) is 5.69 Å². The molecule has 20 heavy (non-hydrogen) atoms. The molecule has 2 unspecified atom stereocenters. The molecule has 4 rings (SSSR count). The molecular formula is C14H18N6. The topological polar surface area (TPSA) is 58.9 Å². The van der Waals surface area contributed by atoms with Crippen LogP contribution in [0.4, 0.5) is 5.95 Å². The van der Waals surface area contributed by atoms with E-state index in [0.29, 0.717) is 12.1 Å². The van der Waals surface area contributed by atoms with Crippen molar-refractivity contribution < 1.29 is 0 Å². The summed E-state index contributed by atoms with van der Waals surface area (Å²) in [7, 11) is 0. The Morgan fingerprint density at radius 3 is 2.90 bits per heavy atom. The molecule has 1 aromatic carbocycles. The van der Waals surface area contributed by atoms with Gasteiger partial charge in [-0.15, -0.1) is 0 Å². The van der Waals surface area contributed by atoms with Crippen molar-refractivity contribution in [2.24, 2.45) is 0 Å². The van der Waals surface area contributed by atoms with Gasteiger partial charge in [-0.25, -0.2) is 0 Å². The fourth-order valence-corrected chi connectivity index (χ4v) is 3.44. The van der Waals surface area contributed by atoms with Gasteiger partial charge in [0.15, 0.2) is 0 Å². The normalized spacial score (nSPS) is 25.8. The number of hydrogen-bond acceptors (Lipinski definition) is 5. The van der Waals surface area contributed by atoms with E-state index in [0.717, 1.165) is 11.6 Å². The predicted molar refractivity (Wildman–Crippen MR) is 75.8 cm³/mol. The fourth-order valence-electron chi connectivity index (χ4n) is 3.44. The summed E-state index contributed by atoms with van der Waals surface area (Å²) < 4.78 is 1.78. The molecule has 104 valence electrons. The maximum absolute atomic E-state index is 4.14. The third kappa shape index (κ3) is 1.96. The Morgan fingerprint density at radius 2 is 2.00 bits per heavy atom. The first-order valence-electron chi connectivity index (χ1n) is 7.26. The van der Waals surface area contributed by atoms with Crippen LogP contribution in [0.5, 0.6) is 0 Å². The molecule has 2 atom stereocenters. The van der Waals surface area contributed by atoms with E-state index in [1.165, 1.54) is 32.4 Å². The van der Waals surface area contributed by atoms with Crippen molar-refractivity contribution in [2.45, 2.75) is 31.3 Å². The van der Waals surface area contributed by atoms with Gasteiger partial charge >= 0.3 is 0 Å². The maximum atomic E-state index is 4.14. The molecule has 1 aromatic heterocycles. The molecule has 2 aliphatic rings. The predicted octanol–water partition coefficient (Wildman–Crippen LogP) is 1.31. The van der Waals surface area contributed by atoms with Crippen molar-refractivity contribution in [1.82, 2.24) is 25.1 Å². The Bertz CT molecular complexity index is 580. The first-order valence-corrected chi connectivity index (χ1v) is 7.26. The molecule has 0 aliphatic carbocycles. The molecule has 6 nitrogen and oxygen atoms in total. The van der Waals surface area contributed by atoms with Crippen LogP contribution in [0, 0.1) is 0 Å². The Labute approximate surface area is 117 Å². The van der Waals surface area contributed by atoms with Gasteiger partial charge in [0, 0.05) is 18.6 Å². The van der Waals surface area contributed by atoms with Crippen LogP contribution < -0.4 is 5.32 Å². The van der Waals surface area contributed by atoms with Crippen molar-refractivity contribution in [1.29, 1.82) is 0 Å². The van der Waals surface area contributed by atoms with E-state index in [-0.39, 0.29) is 0 Å². The number of fused-ring (bicyclic) bond motifs is 1. The summed E-state index contributed by atoms with van der Waals surface area (Å²) >= 11 is 0. The number of benzene rings is 1. The van der Waals surface area contributed by atoms with Gasteiger partial charge in [0.25, 0.3) is 0 Å². The first-order chi connectivity index (χ1) is 9.92. The van der Waals surface area contributed by atoms with Crippen LogP contribution in [0.15, 0.2) is 30.3 Å². The summed E-state index contributed by atoms with van der Waals surface area (Å²) in [6.45, 7) is 2.43. The molecule has 3 heterocycles. The Hall–Kier alpha value is -1.95. The van der Waals surface area contributed by atoms with E-state index in [9.17, 15) is 0 Å². The monoisotopic (exact) mass is 270 g/mol. The number of rotatable bonds is 3. The van der Waals surface area contributed by atoms with E-state index in [2.05, 4.69) is 25.7 Å². The molecule has 6 heteroatoms. The summed E-state index contributed by atoms with van der Waals surface area (Å²) in [4.78, 5) is 2.58. The van der Waals surface area contributed by atoms with Crippen LogP contribution >= 0.6 is 0 Å². The lowest BCUT2D eigenvalue weighted by Crippen LogP contribution is -2.34. The SMILES string of the molecule is c1ccc(-n2nnnc2NC2CCN3CCCC23)cc1. The van der Waals surface area contributed by atoms with Gasteiger partial charge in [-0.3, -0.25) is 4.90 Å². The summed E-state index contributed by atoms with van der Waals surface area (Å²) in [6, 6.07) is 11.1. The second kappa shape index (κ2) is 4.86. The number of nitrogens with one attached hydrogen (secondary N) is 1. The number of anilines is 1. The Balaban J connectivity index is 1.57. The van der Waals surface area contributed by atoms with Crippen LogP contribution in [-0.2, 0) is 0 Å². The van der Waals surface area contributed by atoms with E-state index in [4.69, 9.17) is 0 Å². The number of nitrogens with zero attached hydrogens (tertiary/aromatic N) is 5. The summed E-state index contributed by atoms with van der Waals surface area (Å²) in [5.41, 5.74) is 0.987. The summed E-state index contributed by atoms with van der Waals surface area (Å²) in [5, 5.41) is 15.6. The lowest BCUT2D eigenvalue weighted by atomic mass is 10.1. The van der Waals surface area contributed by atoms with Gasteiger partial charge < -0.3 is 5.32 Å². The largest absolute Gasteiger partial charge is 0.348 e. The van der Waals surface area contributed by atoms with E-state index in [1.807, 2.05) is 30.3 Å². The quantitative estimate of drug-likeness (QED) is 0.911. The first kappa shape index (κ1) is 11.8. The third-order valence-corrected chi connectivity index (χ3v) is 4.39. The second-order valence-corrected chi connectivity index (χ2v) is 5.53. The Kier molecular flexibility index (Phi) is 2.88. The second-order valence-electron chi connectivity index (χ2n) is 5.53. The van der Waals surface area contributed by atoms with E-state index < -0.39 is 0 Å². The fraction of sp³-hybridized carbons (Fsp3) is 0.500. The summed E-state index contributed by atoms with van der Waals surface area (Å²) in [5.74, 6) is 0.745. The van der Waals surface area contributed by atoms with E-state index in [1.54, 1.807) is 4.68 Å². The smallest absolute Gasteiger partial charge is 0.248 e.